The van der Waals surface area contributed by atoms with Crippen LogP contribution in [0.2, 0.25) is 0 Å². The Bertz CT molecular complexity index is 1710. The number of hydrogen-bond donors (Lipinski definition) is 6. The number of nitrogens with one attached hydrogen (secondary N) is 2. The van der Waals surface area contributed by atoms with E-state index in [1.54, 1.807) is 45.7 Å². The first-order chi connectivity index (χ1) is 24.1. The van der Waals surface area contributed by atoms with E-state index >= 15 is 0 Å². The van der Waals surface area contributed by atoms with E-state index in [2.05, 4.69) is 10.6 Å². The van der Waals surface area contributed by atoms with Crippen molar-refractivity contribution in [3.8, 4) is 5.75 Å². The summed E-state index contributed by atoms with van der Waals surface area (Å²) in [6.45, 7) is 0. The number of nitrogens with two attached hydrogens (primary N) is 2. The zero-order valence-electron chi connectivity index (χ0n) is 27.0. The summed E-state index contributed by atoms with van der Waals surface area (Å²) in [6, 6.07) is 29.7. The Hall–Kier alpha value is -3.78. The van der Waals surface area contributed by atoms with Crippen LogP contribution in [-0.2, 0) is 9.59 Å². The number of anilines is 2. The molecule has 0 aliphatic heterocycles. The average Bonchev–Trinajstić information content (AvgIpc) is 3.12. The predicted octanol–water partition coefficient (Wildman–Crippen LogP) is 3.45. The van der Waals surface area contributed by atoms with Crippen LogP contribution >= 0.6 is 20.4 Å². The van der Waals surface area contributed by atoms with Gasteiger partial charge in [0, 0.05) is 0 Å². The molecule has 2 amide bonds. The van der Waals surface area contributed by atoms with E-state index in [1.165, 1.54) is 0 Å². The van der Waals surface area contributed by atoms with E-state index in [0.717, 1.165) is 20.3 Å². The number of carbonyl (C=O) groups excluding carboxylic acids is 2. The quantitative estimate of drug-likeness (QED) is 0.0674. The fraction of sp³-hybridized carbons (Fsp3) is 0.200. The van der Waals surface area contributed by atoms with Gasteiger partial charge in [-0.1, -0.05) is 0 Å². The van der Waals surface area contributed by atoms with Crippen molar-refractivity contribution in [1.82, 2.24) is 0 Å². The molecule has 0 aliphatic carbocycles. The number of methoxy groups -OCH3 is 1. The van der Waals surface area contributed by atoms with Crippen molar-refractivity contribution < 1.29 is 34.1 Å². The Labute approximate surface area is 310 Å². The number of amides is 2. The number of ether oxygens (including phenoxy) is 1. The normalized spacial score (nSPS) is 11.7. The molecule has 0 bridgehead atoms. The van der Waals surface area contributed by atoms with Gasteiger partial charge in [-0.15, -0.1) is 0 Å². The number of carboxylic acids is 2. The summed E-state index contributed by atoms with van der Waals surface area (Å²) in [5, 5.41) is 23.4. The monoisotopic (exact) mass is 850 g/mol. The summed E-state index contributed by atoms with van der Waals surface area (Å²) in [6.07, 6.45) is 0.794. The van der Waals surface area contributed by atoms with Crippen LogP contribution in [0.15, 0.2) is 103 Å². The predicted molar refractivity (Wildman–Crippen MR) is 204 cm³/mol. The van der Waals surface area contributed by atoms with Crippen LogP contribution in [0.1, 0.15) is 33.6 Å². The van der Waals surface area contributed by atoms with Gasteiger partial charge in [-0.2, -0.15) is 0 Å². The summed E-state index contributed by atoms with van der Waals surface area (Å²) in [5.41, 5.74) is 13.7. The van der Waals surface area contributed by atoms with Crippen molar-refractivity contribution in [2.75, 3.05) is 29.2 Å². The molecule has 15 heteroatoms. The van der Waals surface area contributed by atoms with Crippen molar-refractivity contribution in [3.05, 3.63) is 114 Å². The van der Waals surface area contributed by atoms with Gasteiger partial charge in [-0.25, -0.2) is 0 Å². The van der Waals surface area contributed by atoms with Gasteiger partial charge in [0.1, 0.15) is 0 Å². The molecule has 4 rings (SSSR count). The van der Waals surface area contributed by atoms with Crippen LogP contribution in [0.4, 0.5) is 11.4 Å². The van der Waals surface area contributed by atoms with Gasteiger partial charge >= 0.3 is 312 Å². The standard InChI is InChI=1S/C18H20N2O4SSe.C17H18N2O3SSe/c1-24-15-9-5-8-13(17(21)20-12-6-3-2-4-7-12)16(15)26-25-11-10-14(19)18(22)23;18-14(17(21)22)10-11-23-24-15-9-5-4-8-13(15)16(20)19-12-6-2-1-3-7-12/h2-9,14H,10-11,19H2,1H3,(H,20,21)(H,22,23);1-9,14H,10-11,18H2,(H,19,20)(H,21,22). The van der Waals surface area contributed by atoms with E-state index in [0.29, 0.717) is 41.2 Å². The zero-order chi connectivity index (χ0) is 36.3. The van der Waals surface area contributed by atoms with Crippen molar-refractivity contribution in [1.29, 1.82) is 0 Å². The van der Waals surface area contributed by atoms with Gasteiger partial charge in [0.2, 0.25) is 0 Å². The van der Waals surface area contributed by atoms with Gasteiger partial charge in [0.25, 0.3) is 0 Å². The van der Waals surface area contributed by atoms with Crippen LogP contribution in [-0.4, -0.2) is 92.3 Å². The summed E-state index contributed by atoms with van der Waals surface area (Å²) in [4.78, 5) is 46.6. The summed E-state index contributed by atoms with van der Waals surface area (Å²) in [5.74, 6) is -0.408. The molecular weight excluding hydrogens is 810 g/mol. The molecule has 11 nitrogen and oxygen atoms in total. The minimum absolute atomic E-state index is 0.0167. The molecule has 50 heavy (non-hydrogen) atoms. The molecule has 4 aromatic carbocycles. The van der Waals surface area contributed by atoms with Gasteiger partial charge in [0.05, 0.1) is 0 Å². The number of benzene rings is 4. The van der Waals surface area contributed by atoms with E-state index in [-0.39, 0.29) is 39.5 Å². The van der Waals surface area contributed by atoms with E-state index in [4.69, 9.17) is 26.4 Å². The zero-order valence-corrected chi connectivity index (χ0v) is 32.1. The average molecular weight is 849 g/mol. The first kappa shape index (κ1) is 40.6. The molecular formula is C35H38N4O7S2Se2. The topological polar surface area (TPSA) is 194 Å². The van der Waals surface area contributed by atoms with Crippen molar-refractivity contribution in [2.45, 2.75) is 24.9 Å². The number of para-hydroxylation sites is 2. The van der Waals surface area contributed by atoms with Crippen molar-refractivity contribution in [3.63, 3.8) is 0 Å². The molecule has 0 aliphatic rings. The van der Waals surface area contributed by atoms with Crippen LogP contribution in [0.25, 0.3) is 0 Å². The molecule has 0 aromatic heterocycles. The Morgan fingerprint density at radius 1 is 0.660 bits per heavy atom. The molecule has 0 heterocycles. The van der Waals surface area contributed by atoms with E-state index < -0.39 is 24.0 Å². The number of hydrogen-bond acceptors (Lipinski definition) is 9. The molecule has 4 aromatic rings. The van der Waals surface area contributed by atoms with Gasteiger partial charge in [-0.05, 0) is 0 Å². The first-order valence-electron chi connectivity index (χ1n) is 15.1. The Morgan fingerprint density at radius 2 is 1.12 bits per heavy atom. The van der Waals surface area contributed by atoms with Crippen molar-refractivity contribution in [2.24, 2.45) is 11.5 Å². The Balaban J connectivity index is 0.000000271. The second kappa shape index (κ2) is 22.1. The fourth-order valence-electron chi connectivity index (χ4n) is 3.91. The Kier molecular flexibility index (Phi) is 18.0. The number of rotatable bonds is 17. The fourth-order valence-corrected chi connectivity index (χ4v) is 12.3. The maximum absolute atomic E-state index is 12.7. The van der Waals surface area contributed by atoms with E-state index in [1.807, 2.05) is 84.9 Å². The molecule has 264 valence electrons. The Morgan fingerprint density at radius 3 is 1.64 bits per heavy atom. The second-order valence-corrected chi connectivity index (χ2v) is 18.7. The SMILES string of the molecule is COc1cccc(C(=O)Nc2ccccc2)c1[Se]SCCC(N)C(=O)O.NC(CCS[Se]c1ccccc1C(=O)Nc1ccccc1)C(=O)O. The van der Waals surface area contributed by atoms with E-state index in [9.17, 15) is 19.2 Å². The van der Waals surface area contributed by atoms with Gasteiger partial charge in [0.15, 0.2) is 0 Å². The van der Waals surface area contributed by atoms with Crippen LogP contribution < -0.4 is 35.8 Å². The van der Waals surface area contributed by atoms with Crippen LogP contribution in [0, 0.1) is 0 Å². The molecule has 0 fully saturated rings. The molecule has 0 radical (unpaired) electrons. The molecule has 2 atom stereocenters. The maximum atomic E-state index is 12.7. The number of carboxylic acid groups (broad SMARTS) is 2. The third-order valence-corrected chi connectivity index (χ3v) is 15.4. The molecule has 0 saturated carbocycles. The summed E-state index contributed by atoms with van der Waals surface area (Å²) < 4.78 is 7.22. The van der Waals surface area contributed by atoms with Crippen LogP contribution in [0.3, 0.4) is 0 Å². The third kappa shape index (κ3) is 13.9. The summed E-state index contributed by atoms with van der Waals surface area (Å²) in [7, 11) is 4.78. The van der Waals surface area contributed by atoms with Gasteiger partial charge in [-0.3, -0.25) is 0 Å². The third-order valence-electron chi connectivity index (χ3n) is 6.59. The minimum atomic E-state index is -1.00. The number of carbonyl (C=O) groups is 4. The summed E-state index contributed by atoms with van der Waals surface area (Å²) >= 11 is -0.100. The first-order valence-corrected chi connectivity index (χ1v) is 22.9. The van der Waals surface area contributed by atoms with Gasteiger partial charge < -0.3 is 0 Å². The number of aliphatic carboxylic acids is 2. The van der Waals surface area contributed by atoms with Crippen molar-refractivity contribution >= 4 is 92.1 Å². The molecule has 8 N–H and O–H groups in total. The second-order valence-electron chi connectivity index (χ2n) is 10.3. The molecule has 2 unspecified atom stereocenters. The van der Waals surface area contributed by atoms with Crippen LogP contribution in [0.5, 0.6) is 5.75 Å². The molecule has 0 saturated heterocycles. The molecule has 0 spiro atoms.